The molecule has 5 nitrogen and oxygen atoms in total. The Kier molecular flexibility index (Phi) is 4.49. The fraction of sp³-hybridized carbons (Fsp3) is 0.476. The van der Waals surface area contributed by atoms with Crippen molar-refractivity contribution in [3.8, 4) is 11.4 Å². The number of benzene rings is 1. The molecular formula is C21H27N3O2. The number of carbonyl (C=O) groups excluding carboxylic acids is 1. The maximum Gasteiger partial charge on any atom is 0.256 e. The number of methoxy groups -OCH3 is 1. The molecule has 0 radical (unpaired) electrons. The van der Waals surface area contributed by atoms with Crippen molar-refractivity contribution < 1.29 is 9.53 Å². The van der Waals surface area contributed by atoms with E-state index in [-0.39, 0.29) is 5.91 Å². The first-order valence-electron chi connectivity index (χ1n) is 9.47. The summed E-state index contributed by atoms with van der Waals surface area (Å²) in [7, 11) is 1.67. The highest BCUT2D eigenvalue weighted by molar-refractivity contribution is 5.96. The van der Waals surface area contributed by atoms with Gasteiger partial charge in [0, 0.05) is 35.7 Å². The lowest BCUT2D eigenvalue weighted by Gasteiger charge is -2.28. The molecule has 26 heavy (non-hydrogen) atoms. The van der Waals surface area contributed by atoms with Crippen molar-refractivity contribution in [1.82, 2.24) is 14.8 Å². The zero-order chi connectivity index (χ0) is 18.3. The standard InChI is InChI=1S/C21H27N3O2/c1-14-12-20(15(2)23(14)16-6-8-19(26-3)9-7-16)21(25)24-17-4-5-18(24)13-22-11-10-17/h6-9,12,17-18,22H,4-5,10-11,13H2,1-3H3. The normalized spacial score (nSPS) is 22.3. The Morgan fingerprint density at radius 2 is 1.85 bits per heavy atom. The smallest absolute Gasteiger partial charge is 0.256 e. The molecule has 1 aromatic heterocycles. The van der Waals surface area contributed by atoms with Gasteiger partial charge in [0.2, 0.25) is 0 Å². The highest BCUT2D eigenvalue weighted by atomic mass is 16.5. The second kappa shape index (κ2) is 6.80. The van der Waals surface area contributed by atoms with Crippen LogP contribution in [0, 0.1) is 13.8 Å². The van der Waals surface area contributed by atoms with E-state index in [0.29, 0.717) is 12.1 Å². The molecule has 5 heteroatoms. The van der Waals surface area contributed by atoms with E-state index in [1.54, 1.807) is 7.11 Å². The molecule has 2 saturated heterocycles. The Balaban J connectivity index is 1.68. The summed E-state index contributed by atoms with van der Waals surface area (Å²) in [5.74, 6) is 1.02. The summed E-state index contributed by atoms with van der Waals surface area (Å²) in [5, 5.41) is 3.47. The molecule has 1 N–H and O–H groups in total. The Morgan fingerprint density at radius 1 is 1.12 bits per heavy atom. The molecule has 0 saturated carbocycles. The van der Waals surface area contributed by atoms with Crippen molar-refractivity contribution >= 4 is 5.91 Å². The van der Waals surface area contributed by atoms with Crippen LogP contribution in [0.25, 0.3) is 5.69 Å². The monoisotopic (exact) mass is 353 g/mol. The predicted octanol–water partition coefficient (Wildman–Crippen LogP) is 3.07. The lowest BCUT2D eigenvalue weighted by molar-refractivity contribution is 0.0679. The first-order valence-corrected chi connectivity index (χ1v) is 9.47. The summed E-state index contributed by atoms with van der Waals surface area (Å²) in [6.07, 6.45) is 3.30. The molecule has 2 unspecified atom stereocenters. The predicted molar refractivity (Wildman–Crippen MR) is 102 cm³/mol. The molecule has 2 aliphatic rings. The van der Waals surface area contributed by atoms with Gasteiger partial charge < -0.3 is 19.5 Å². The van der Waals surface area contributed by atoms with Gasteiger partial charge in [-0.3, -0.25) is 4.79 Å². The zero-order valence-corrected chi connectivity index (χ0v) is 15.8. The number of fused-ring (bicyclic) bond motifs is 2. The van der Waals surface area contributed by atoms with Crippen LogP contribution in [0.5, 0.6) is 5.75 Å². The summed E-state index contributed by atoms with van der Waals surface area (Å²) in [4.78, 5) is 15.5. The van der Waals surface area contributed by atoms with Crippen molar-refractivity contribution in [2.75, 3.05) is 20.2 Å². The Labute approximate surface area is 154 Å². The zero-order valence-electron chi connectivity index (χ0n) is 15.8. The molecule has 3 heterocycles. The first kappa shape index (κ1) is 17.2. The van der Waals surface area contributed by atoms with Gasteiger partial charge in [0.25, 0.3) is 5.91 Å². The number of carbonyl (C=O) groups is 1. The van der Waals surface area contributed by atoms with E-state index in [2.05, 4.69) is 21.7 Å². The minimum atomic E-state index is 0.189. The third-order valence-electron chi connectivity index (χ3n) is 5.88. The third kappa shape index (κ3) is 2.80. The van der Waals surface area contributed by atoms with Gasteiger partial charge in [0.1, 0.15) is 5.75 Å². The molecule has 2 bridgehead atoms. The molecule has 138 valence electrons. The summed E-state index contributed by atoms with van der Waals surface area (Å²) in [6, 6.07) is 10.7. The molecule has 0 spiro atoms. The van der Waals surface area contributed by atoms with Crippen LogP contribution in [0.2, 0.25) is 0 Å². The van der Waals surface area contributed by atoms with E-state index >= 15 is 0 Å². The summed E-state index contributed by atoms with van der Waals surface area (Å²) in [6.45, 7) is 6.03. The van der Waals surface area contributed by atoms with Crippen LogP contribution in [0.4, 0.5) is 0 Å². The van der Waals surface area contributed by atoms with Crippen molar-refractivity contribution in [3.05, 3.63) is 47.3 Å². The Bertz CT molecular complexity index is 795. The van der Waals surface area contributed by atoms with Crippen LogP contribution in [0.1, 0.15) is 41.0 Å². The van der Waals surface area contributed by atoms with Gasteiger partial charge in [-0.05, 0) is 70.0 Å². The van der Waals surface area contributed by atoms with E-state index in [4.69, 9.17) is 4.74 Å². The van der Waals surface area contributed by atoms with E-state index in [0.717, 1.165) is 60.7 Å². The molecule has 1 amide bonds. The summed E-state index contributed by atoms with van der Waals surface area (Å²) >= 11 is 0. The van der Waals surface area contributed by atoms with Crippen LogP contribution >= 0.6 is 0 Å². The number of aryl methyl sites for hydroxylation is 1. The lowest BCUT2D eigenvalue weighted by Crippen LogP contribution is -2.42. The van der Waals surface area contributed by atoms with E-state index in [1.807, 2.05) is 37.3 Å². The van der Waals surface area contributed by atoms with E-state index in [9.17, 15) is 4.79 Å². The van der Waals surface area contributed by atoms with Gasteiger partial charge in [0.15, 0.2) is 0 Å². The van der Waals surface area contributed by atoms with Gasteiger partial charge in [-0.15, -0.1) is 0 Å². The number of hydrogen-bond donors (Lipinski definition) is 1. The van der Waals surface area contributed by atoms with Gasteiger partial charge in [0.05, 0.1) is 12.7 Å². The number of nitrogens with one attached hydrogen (secondary N) is 1. The molecule has 2 fully saturated rings. The van der Waals surface area contributed by atoms with Crippen LogP contribution < -0.4 is 10.1 Å². The van der Waals surface area contributed by atoms with Crippen molar-refractivity contribution in [1.29, 1.82) is 0 Å². The highest BCUT2D eigenvalue weighted by Crippen LogP contribution is 2.31. The maximum absolute atomic E-state index is 13.4. The minimum Gasteiger partial charge on any atom is -0.497 e. The molecule has 2 atom stereocenters. The quantitative estimate of drug-likeness (QED) is 0.922. The highest BCUT2D eigenvalue weighted by Gasteiger charge is 2.39. The van der Waals surface area contributed by atoms with Gasteiger partial charge in [-0.25, -0.2) is 0 Å². The first-order chi connectivity index (χ1) is 12.6. The number of nitrogens with zero attached hydrogens (tertiary/aromatic N) is 2. The van der Waals surface area contributed by atoms with Crippen molar-refractivity contribution in [2.24, 2.45) is 0 Å². The fourth-order valence-corrected chi connectivity index (χ4v) is 4.56. The molecule has 2 aromatic rings. The molecule has 4 rings (SSSR count). The number of hydrogen-bond acceptors (Lipinski definition) is 3. The van der Waals surface area contributed by atoms with Crippen LogP contribution in [0.15, 0.2) is 30.3 Å². The van der Waals surface area contributed by atoms with Crippen LogP contribution in [-0.2, 0) is 0 Å². The minimum absolute atomic E-state index is 0.189. The average molecular weight is 353 g/mol. The van der Waals surface area contributed by atoms with Crippen molar-refractivity contribution in [3.63, 3.8) is 0 Å². The van der Waals surface area contributed by atoms with E-state index < -0.39 is 0 Å². The Hall–Kier alpha value is -2.27. The van der Waals surface area contributed by atoms with Crippen molar-refractivity contribution in [2.45, 2.75) is 45.2 Å². The van der Waals surface area contributed by atoms with Crippen LogP contribution in [0.3, 0.4) is 0 Å². The number of rotatable bonds is 3. The number of ether oxygens (including phenoxy) is 1. The van der Waals surface area contributed by atoms with Gasteiger partial charge in [-0.1, -0.05) is 0 Å². The Morgan fingerprint density at radius 3 is 2.58 bits per heavy atom. The average Bonchev–Trinajstić information content (AvgIpc) is 3.08. The molecule has 0 aliphatic carbocycles. The second-order valence-corrected chi connectivity index (χ2v) is 7.41. The topological polar surface area (TPSA) is 46.5 Å². The third-order valence-corrected chi connectivity index (χ3v) is 5.88. The fourth-order valence-electron chi connectivity index (χ4n) is 4.56. The van der Waals surface area contributed by atoms with E-state index in [1.165, 1.54) is 0 Å². The number of amides is 1. The molecular weight excluding hydrogens is 326 g/mol. The molecule has 1 aromatic carbocycles. The lowest BCUT2D eigenvalue weighted by atomic mass is 10.1. The summed E-state index contributed by atoms with van der Waals surface area (Å²) in [5.41, 5.74) is 3.98. The molecule has 2 aliphatic heterocycles. The largest absolute Gasteiger partial charge is 0.497 e. The van der Waals surface area contributed by atoms with Crippen LogP contribution in [-0.4, -0.2) is 47.7 Å². The summed E-state index contributed by atoms with van der Waals surface area (Å²) < 4.78 is 7.41. The maximum atomic E-state index is 13.4. The SMILES string of the molecule is COc1ccc(-n2c(C)cc(C(=O)N3C4CCNCC3CC4)c2C)cc1. The second-order valence-electron chi connectivity index (χ2n) is 7.41. The van der Waals surface area contributed by atoms with Gasteiger partial charge >= 0.3 is 0 Å². The van der Waals surface area contributed by atoms with Gasteiger partial charge in [-0.2, -0.15) is 0 Å². The number of aromatic nitrogens is 1.